The van der Waals surface area contributed by atoms with E-state index in [0.717, 1.165) is 25.2 Å². The fourth-order valence-corrected chi connectivity index (χ4v) is 7.46. The van der Waals surface area contributed by atoms with Gasteiger partial charge >= 0.3 is 0 Å². The van der Waals surface area contributed by atoms with Crippen LogP contribution in [0.2, 0.25) is 0 Å². The van der Waals surface area contributed by atoms with Gasteiger partial charge < -0.3 is 0 Å². The van der Waals surface area contributed by atoms with Gasteiger partial charge in [-0.2, -0.15) is 11.1 Å². The molecule has 0 amide bonds. The van der Waals surface area contributed by atoms with E-state index < -0.39 is 10.0 Å². The molecule has 40 heavy (non-hydrogen) atoms. The third kappa shape index (κ3) is 6.28. The molecule has 0 unspecified atom stereocenters. The highest BCUT2D eigenvalue weighted by molar-refractivity contribution is 7.92. The number of anilines is 1. The van der Waals surface area contributed by atoms with E-state index in [9.17, 15) is 8.42 Å². The molecule has 5 N–H and O–H groups in total. The van der Waals surface area contributed by atoms with Crippen LogP contribution in [-0.4, -0.2) is 56.2 Å². The first kappa shape index (κ1) is 29.2. The van der Waals surface area contributed by atoms with Crippen molar-refractivity contribution in [3.8, 4) is 0 Å². The fraction of sp³-hybridized carbons (Fsp3) is 0.533. The minimum absolute atomic E-state index is 0.0231. The van der Waals surface area contributed by atoms with E-state index in [4.69, 9.17) is 0 Å². The number of hydrazine groups is 3. The predicted octanol–water partition coefficient (Wildman–Crippen LogP) is 3.58. The highest BCUT2D eigenvalue weighted by Crippen LogP contribution is 2.40. The topological polar surface area (TPSA) is 101 Å². The average molecular weight is 568 g/mol. The highest BCUT2D eigenvalue weighted by atomic mass is 32.2. The molecule has 0 spiro atoms. The number of piperazine rings is 1. The van der Waals surface area contributed by atoms with E-state index in [1.807, 2.05) is 24.3 Å². The minimum atomic E-state index is -3.38. The maximum absolute atomic E-state index is 12.0. The van der Waals surface area contributed by atoms with E-state index in [0.29, 0.717) is 23.7 Å². The van der Waals surface area contributed by atoms with Crippen LogP contribution in [0, 0.1) is 5.92 Å². The molecule has 0 radical (unpaired) electrons. The molecule has 2 heterocycles. The van der Waals surface area contributed by atoms with Crippen LogP contribution in [0.5, 0.6) is 0 Å². The maximum atomic E-state index is 12.0. The van der Waals surface area contributed by atoms with Crippen LogP contribution in [-0.2, 0) is 15.7 Å². The Labute approximate surface area is 239 Å². The third-order valence-electron chi connectivity index (χ3n) is 8.85. The summed E-state index contributed by atoms with van der Waals surface area (Å²) in [6.45, 7) is 11.2. The Bertz CT molecular complexity index is 1260. The zero-order valence-electron chi connectivity index (χ0n) is 24.0. The second kappa shape index (κ2) is 12.3. The summed E-state index contributed by atoms with van der Waals surface area (Å²) in [5, 5.41) is 0. The summed E-state index contributed by atoms with van der Waals surface area (Å²) in [5.41, 5.74) is 16.8. The van der Waals surface area contributed by atoms with E-state index in [2.05, 4.69) is 87.2 Å². The van der Waals surface area contributed by atoms with Gasteiger partial charge in [0.15, 0.2) is 0 Å². The number of hydrogen-bond acceptors (Lipinski definition) is 8. The number of benzene rings is 2. The van der Waals surface area contributed by atoms with E-state index in [1.165, 1.54) is 49.5 Å². The lowest BCUT2D eigenvalue weighted by Crippen LogP contribution is -2.57. The van der Waals surface area contributed by atoms with Crippen molar-refractivity contribution >= 4 is 15.7 Å². The molecule has 0 aromatic heterocycles. The number of nitrogens with zero attached hydrogens (tertiary/aromatic N) is 2. The first-order valence-corrected chi connectivity index (χ1v) is 16.4. The second-order valence-corrected chi connectivity index (χ2v) is 13.6. The smallest absolute Gasteiger partial charge is 0.229 e. The zero-order valence-corrected chi connectivity index (χ0v) is 24.8. The highest BCUT2D eigenvalue weighted by Gasteiger charge is 2.43. The molecule has 1 aliphatic carbocycles. The van der Waals surface area contributed by atoms with Gasteiger partial charge in [0.25, 0.3) is 0 Å². The van der Waals surface area contributed by atoms with E-state index in [-0.39, 0.29) is 11.7 Å². The Morgan fingerprint density at radius 1 is 1.00 bits per heavy atom. The summed E-state index contributed by atoms with van der Waals surface area (Å²) < 4.78 is 26.7. The van der Waals surface area contributed by atoms with Crippen molar-refractivity contribution in [1.82, 2.24) is 31.7 Å². The molecule has 5 rings (SSSR count). The Morgan fingerprint density at radius 3 is 2.35 bits per heavy atom. The van der Waals surface area contributed by atoms with E-state index in [1.54, 1.807) is 0 Å². The van der Waals surface area contributed by atoms with Crippen LogP contribution >= 0.6 is 0 Å². The van der Waals surface area contributed by atoms with Gasteiger partial charge in [-0.25, -0.2) is 19.3 Å². The van der Waals surface area contributed by atoms with Gasteiger partial charge in [-0.1, -0.05) is 61.7 Å². The Morgan fingerprint density at radius 2 is 1.70 bits per heavy atom. The van der Waals surface area contributed by atoms with Crippen LogP contribution in [0.3, 0.4) is 0 Å². The van der Waals surface area contributed by atoms with Crippen LogP contribution in [0.25, 0.3) is 0 Å². The summed E-state index contributed by atoms with van der Waals surface area (Å²) in [4.78, 5) is 5.03. The second-order valence-electron chi connectivity index (χ2n) is 11.8. The Kier molecular flexibility index (Phi) is 8.96. The van der Waals surface area contributed by atoms with Gasteiger partial charge in [-0.3, -0.25) is 14.5 Å². The lowest BCUT2D eigenvalue weighted by molar-refractivity contribution is 0.0306. The van der Waals surface area contributed by atoms with Crippen molar-refractivity contribution in [3.05, 3.63) is 77.9 Å². The van der Waals surface area contributed by atoms with Gasteiger partial charge in [0.05, 0.1) is 12.3 Å². The standard InChI is InChI=1S/C30H45N7O2S/c1-5-18-36-20-23(3)37(21-22(36)2)29(25-10-9-13-28(19-25)31-40(4,38)39)24-14-16-27(17-15-24)30(32-34-35-33-30)26-11-7-6-8-12-26/h5,9-10,13-17,19,22-23,26,29,31-35H,1,6-8,11-12,18,20-21H2,2-4H3/t22-,23+,29-/m1/s1. The molecule has 218 valence electrons. The van der Waals surface area contributed by atoms with Crippen molar-refractivity contribution < 1.29 is 8.42 Å². The Hall–Kier alpha value is -2.31. The summed E-state index contributed by atoms with van der Waals surface area (Å²) in [7, 11) is -3.38. The quantitative estimate of drug-likeness (QED) is 0.293. The van der Waals surface area contributed by atoms with Crippen molar-refractivity contribution in [2.45, 2.75) is 69.7 Å². The van der Waals surface area contributed by atoms with Crippen LogP contribution in [0.1, 0.15) is 68.7 Å². The lowest BCUT2D eigenvalue weighted by Gasteiger charge is -2.47. The van der Waals surface area contributed by atoms with Crippen molar-refractivity contribution in [2.75, 3.05) is 30.6 Å². The zero-order chi connectivity index (χ0) is 28.3. The summed E-state index contributed by atoms with van der Waals surface area (Å²) in [5.74, 6) is 0.475. The fourth-order valence-electron chi connectivity index (χ4n) is 6.91. The molecule has 2 aromatic rings. The number of hydrogen-bond donors (Lipinski definition) is 5. The van der Waals surface area contributed by atoms with Gasteiger partial charge in [0, 0.05) is 37.4 Å². The number of sulfonamides is 1. The van der Waals surface area contributed by atoms with Crippen LogP contribution in [0.4, 0.5) is 5.69 Å². The van der Waals surface area contributed by atoms with Crippen molar-refractivity contribution in [3.63, 3.8) is 0 Å². The number of rotatable bonds is 9. The summed E-state index contributed by atoms with van der Waals surface area (Å²) >= 11 is 0. The van der Waals surface area contributed by atoms with Crippen molar-refractivity contribution in [1.29, 1.82) is 0 Å². The maximum Gasteiger partial charge on any atom is 0.229 e. The molecule has 3 atom stereocenters. The summed E-state index contributed by atoms with van der Waals surface area (Å²) in [6.07, 6.45) is 9.33. The minimum Gasteiger partial charge on any atom is -0.294 e. The monoisotopic (exact) mass is 567 g/mol. The molecule has 10 heteroatoms. The normalized spacial score (nSPS) is 25.5. The number of nitrogens with one attached hydrogen (secondary N) is 5. The predicted molar refractivity (Wildman–Crippen MR) is 161 cm³/mol. The molecule has 2 aromatic carbocycles. The van der Waals surface area contributed by atoms with Crippen molar-refractivity contribution in [2.24, 2.45) is 5.92 Å². The SMILES string of the molecule is C=CCN1C[C@H](C)N([C@H](c2ccc(C3(C4CCCCC4)NNNN3)cc2)c2cccc(NS(C)(=O)=O)c2)C[C@H]1C. The Balaban J connectivity index is 1.51. The molecule has 0 bridgehead atoms. The molecular formula is C30H45N7O2S. The van der Waals surface area contributed by atoms with Crippen LogP contribution in [0.15, 0.2) is 61.2 Å². The average Bonchev–Trinajstić information content (AvgIpc) is 3.43. The lowest BCUT2D eigenvalue weighted by atomic mass is 9.76. The molecular weight excluding hydrogens is 522 g/mol. The molecule has 2 aliphatic heterocycles. The van der Waals surface area contributed by atoms with Crippen LogP contribution < -0.4 is 26.6 Å². The van der Waals surface area contributed by atoms with Gasteiger partial charge in [-0.15, -0.1) is 6.58 Å². The largest absolute Gasteiger partial charge is 0.294 e. The molecule has 3 aliphatic rings. The van der Waals surface area contributed by atoms with Gasteiger partial charge in [0.1, 0.15) is 5.66 Å². The van der Waals surface area contributed by atoms with E-state index >= 15 is 0 Å². The van der Waals surface area contributed by atoms with Gasteiger partial charge in [0.2, 0.25) is 10.0 Å². The summed E-state index contributed by atoms with van der Waals surface area (Å²) in [6, 6.07) is 17.5. The molecule has 3 fully saturated rings. The first-order chi connectivity index (χ1) is 19.2. The molecule has 9 nitrogen and oxygen atoms in total. The third-order valence-corrected chi connectivity index (χ3v) is 9.45. The first-order valence-electron chi connectivity index (χ1n) is 14.5. The van der Waals surface area contributed by atoms with Gasteiger partial charge in [-0.05, 0) is 61.4 Å². The molecule has 1 saturated carbocycles. The molecule has 2 saturated heterocycles.